The van der Waals surface area contributed by atoms with E-state index in [1.54, 1.807) is 0 Å². The fraction of sp³-hybridized carbons (Fsp3) is 0. The molecule has 0 N–H and O–H groups in total. The SMILES string of the molecule is O=C=Nc1ccc(C(=O)Oc2ccc(OC(=O)c3ccc(N=C=O)cc3)cc2)cc1. The van der Waals surface area contributed by atoms with Gasteiger partial charge in [-0.05, 0) is 72.8 Å². The second kappa shape index (κ2) is 9.52. The summed E-state index contributed by atoms with van der Waals surface area (Å²) in [5, 5.41) is 0. The predicted molar refractivity (Wildman–Crippen MR) is 105 cm³/mol. The lowest BCUT2D eigenvalue weighted by Gasteiger charge is -2.07. The van der Waals surface area contributed by atoms with Gasteiger partial charge < -0.3 is 9.47 Å². The Labute approximate surface area is 170 Å². The minimum absolute atomic E-state index is 0.255. The molecule has 0 saturated carbocycles. The molecule has 3 aromatic carbocycles. The molecule has 0 bridgehead atoms. The maximum atomic E-state index is 12.2. The van der Waals surface area contributed by atoms with Crippen molar-refractivity contribution in [2.75, 3.05) is 0 Å². The van der Waals surface area contributed by atoms with Crippen molar-refractivity contribution in [2.24, 2.45) is 9.98 Å². The summed E-state index contributed by atoms with van der Waals surface area (Å²) in [7, 11) is 0. The predicted octanol–water partition coefficient (Wildman–Crippen LogP) is 4.06. The van der Waals surface area contributed by atoms with E-state index in [9.17, 15) is 19.2 Å². The highest BCUT2D eigenvalue weighted by Gasteiger charge is 2.11. The normalized spacial score (nSPS) is 9.60. The Hall–Kier alpha value is -4.64. The van der Waals surface area contributed by atoms with E-state index < -0.39 is 11.9 Å². The Balaban J connectivity index is 1.61. The van der Waals surface area contributed by atoms with Crippen LogP contribution in [0.1, 0.15) is 20.7 Å². The molecule has 8 nitrogen and oxygen atoms in total. The Morgan fingerprint density at radius 3 is 1.20 bits per heavy atom. The topological polar surface area (TPSA) is 111 Å². The smallest absolute Gasteiger partial charge is 0.343 e. The van der Waals surface area contributed by atoms with Crippen LogP contribution in [0.5, 0.6) is 11.5 Å². The lowest BCUT2D eigenvalue weighted by Crippen LogP contribution is -2.09. The van der Waals surface area contributed by atoms with Crippen LogP contribution in [0.15, 0.2) is 82.8 Å². The Morgan fingerprint density at radius 1 is 0.567 bits per heavy atom. The summed E-state index contributed by atoms with van der Waals surface area (Å²) in [6.45, 7) is 0. The van der Waals surface area contributed by atoms with E-state index in [2.05, 4.69) is 9.98 Å². The molecule has 0 amide bonds. The molecule has 30 heavy (non-hydrogen) atoms. The molecule has 0 heterocycles. The van der Waals surface area contributed by atoms with E-state index in [-0.39, 0.29) is 22.6 Å². The number of hydrogen-bond donors (Lipinski definition) is 0. The number of benzene rings is 3. The molecule has 0 spiro atoms. The summed E-state index contributed by atoms with van der Waals surface area (Å²) in [5.41, 5.74) is 1.30. The summed E-state index contributed by atoms with van der Waals surface area (Å²) in [6, 6.07) is 17.8. The number of carbonyl (C=O) groups is 2. The van der Waals surface area contributed by atoms with Crippen molar-refractivity contribution >= 4 is 35.5 Å². The molecule has 0 unspecified atom stereocenters. The quantitative estimate of drug-likeness (QED) is 0.267. The molecule has 146 valence electrons. The molecule has 0 atom stereocenters. The summed E-state index contributed by atoms with van der Waals surface area (Å²) in [6.07, 6.45) is 2.83. The van der Waals surface area contributed by atoms with Crippen molar-refractivity contribution in [3.63, 3.8) is 0 Å². The maximum Gasteiger partial charge on any atom is 0.343 e. The van der Waals surface area contributed by atoms with Crippen LogP contribution in [0, 0.1) is 0 Å². The van der Waals surface area contributed by atoms with Gasteiger partial charge >= 0.3 is 11.9 Å². The van der Waals surface area contributed by atoms with E-state index in [4.69, 9.17) is 9.47 Å². The molecule has 3 rings (SSSR count). The second-order valence-electron chi connectivity index (χ2n) is 5.75. The van der Waals surface area contributed by atoms with Crippen LogP contribution in [-0.2, 0) is 9.59 Å². The Kier molecular flexibility index (Phi) is 6.38. The van der Waals surface area contributed by atoms with Gasteiger partial charge in [0, 0.05) is 0 Å². The number of ether oxygens (including phenoxy) is 2. The lowest BCUT2D eigenvalue weighted by molar-refractivity contribution is 0.0719. The van der Waals surface area contributed by atoms with E-state index >= 15 is 0 Å². The fourth-order valence-electron chi connectivity index (χ4n) is 2.36. The van der Waals surface area contributed by atoms with E-state index in [0.29, 0.717) is 11.4 Å². The lowest BCUT2D eigenvalue weighted by atomic mass is 10.2. The molecule has 8 heteroatoms. The number of nitrogens with zero attached hydrogens (tertiary/aromatic N) is 2. The maximum absolute atomic E-state index is 12.2. The average molecular weight is 400 g/mol. The first kappa shape index (κ1) is 20.1. The third kappa shape index (κ3) is 5.21. The summed E-state index contributed by atoms with van der Waals surface area (Å²) >= 11 is 0. The number of hydrogen-bond acceptors (Lipinski definition) is 8. The average Bonchev–Trinajstić information content (AvgIpc) is 2.76. The second-order valence-corrected chi connectivity index (χ2v) is 5.75. The van der Waals surface area contributed by atoms with Gasteiger partial charge in [0.1, 0.15) is 11.5 Å². The van der Waals surface area contributed by atoms with Crippen LogP contribution in [0.2, 0.25) is 0 Å². The van der Waals surface area contributed by atoms with Crippen molar-refractivity contribution < 1.29 is 28.7 Å². The van der Waals surface area contributed by atoms with E-state index in [1.165, 1.54) is 85.0 Å². The van der Waals surface area contributed by atoms with Gasteiger partial charge in [0.05, 0.1) is 22.5 Å². The molecule has 0 saturated heterocycles. The van der Waals surface area contributed by atoms with Crippen molar-refractivity contribution in [2.45, 2.75) is 0 Å². The van der Waals surface area contributed by atoms with Gasteiger partial charge in [-0.25, -0.2) is 19.2 Å². The molecule has 3 aromatic rings. The van der Waals surface area contributed by atoms with Gasteiger partial charge in [-0.3, -0.25) is 0 Å². The third-order valence-electron chi connectivity index (χ3n) is 3.80. The Bertz CT molecular complexity index is 1060. The zero-order valence-electron chi connectivity index (χ0n) is 15.3. The van der Waals surface area contributed by atoms with Crippen molar-refractivity contribution in [3.05, 3.63) is 83.9 Å². The van der Waals surface area contributed by atoms with Crippen LogP contribution in [0.25, 0.3) is 0 Å². The first-order chi connectivity index (χ1) is 14.6. The van der Waals surface area contributed by atoms with Crippen molar-refractivity contribution in [1.29, 1.82) is 0 Å². The van der Waals surface area contributed by atoms with Crippen LogP contribution < -0.4 is 9.47 Å². The largest absolute Gasteiger partial charge is 0.423 e. The van der Waals surface area contributed by atoms with Gasteiger partial charge in [-0.1, -0.05) is 0 Å². The van der Waals surface area contributed by atoms with Crippen molar-refractivity contribution in [3.8, 4) is 11.5 Å². The number of rotatable bonds is 6. The summed E-state index contributed by atoms with van der Waals surface area (Å²) < 4.78 is 10.5. The fourth-order valence-corrected chi connectivity index (χ4v) is 2.36. The number of isocyanates is 2. The first-order valence-electron chi connectivity index (χ1n) is 8.49. The van der Waals surface area contributed by atoms with Crippen molar-refractivity contribution in [1.82, 2.24) is 0 Å². The van der Waals surface area contributed by atoms with Gasteiger partial charge in [0.15, 0.2) is 0 Å². The highest BCUT2D eigenvalue weighted by atomic mass is 16.5. The van der Waals surface area contributed by atoms with E-state index in [1.807, 2.05) is 0 Å². The molecule has 0 aliphatic rings. The standard InChI is InChI=1S/C22H12N2O6/c25-13-23-17-5-1-15(2-6-17)21(27)29-19-9-11-20(12-10-19)30-22(28)16-3-7-18(8-4-16)24-14-26/h1-12H. The minimum Gasteiger partial charge on any atom is -0.423 e. The van der Waals surface area contributed by atoms with Gasteiger partial charge in [0.2, 0.25) is 12.2 Å². The van der Waals surface area contributed by atoms with E-state index in [0.717, 1.165) is 0 Å². The van der Waals surface area contributed by atoms with Gasteiger partial charge in [-0.15, -0.1) is 0 Å². The summed E-state index contributed by atoms with van der Waals surface area (Å²) in [4.78, 5) is 51.6. The van der Waals surface area contributed by atoms with Gasteiger partial charge in [0.25, 0.3) is 0 Å². The highest BCUT2D eigenvalue weighted by Crippen LogP contribution is 2.21. The molecule has 0 fully saturated rings. The number of aliphatic imine (C=N–C) groups is 2. The van der Waals surface area contributed by atoms with Crippen LogP contribution in [-0.4, -0.2) is 24.1 Å². The number of esters is 2. The first-order valence-corrected chi connectivity index (χ1v) is 8.49. The zero-order valence-corrected chi connectivity index (χ0v) is 15.3. The molecule has 0 aromatic heterocycles. The van der Waals surface area contributed by atoms with Crippen LogP contribution in [0.4, 0.5) is 11.4 Å². The highest BCUT2D eigenvalue weighted by molar-refractivity contribution is 5.92. The molecular weight excluding hydrogens is 388 g/mol. The van der Waals surface area contributed by atoms with Gasteiger partial charge in [-0.2, -0.15) is 9.98 Å². The number of carbonyl (C=O) groups excluding carboxylic acids is 4. The molecule has 0 aliphatic carbocycles. The summed E-state index contributed by atoms with van der Waals surface area (Å²) in [5.74, 6) is -0.685. The van der Waals surface area contributed by atoms with Crippen LogP contribution >= 0.6 is 0 Å². The third-order valence-corrected chi connectivity index (χ3v) is 3.80. The minimum atomic E-state index is -0.598. The monoisotopic (exact) mass is 400 g/mol. The zero-order chi connectivity index (χ0) is 21.3. The molecule has 0 aliphatic heterocycles. The molecular formula is C22H12N2O6. The molecule has 0 radical (unpaired) electrons. The van der Waals surface area contributed by atoms with Crippen LogP contribution in [0.3, 0.4) is 0 Å². The Morgan fingerprint density at radius 2 is 0.900 bits per heavy atom.